The van der Waals surface area contributed by atoms with Crippen molar-refractivity contribution in [2.45, 2.75) is 25.0 Å². The predicted molar refractivity (Wildman–Crippen MR) is 74.6 cm³/mol. The SMILES string of the molecule is CNC(c1ccccc1OCCOC)C1CCCO1. The first-order valence-corrected chi connectivity index (χ1v) is 6.86. The maximum atomic E-state index is 5.80. The summed E-state index contributed by atoms with van der Waals surface area (Å²) < 4.78 is 16.6. The van der Waals surface area contributed by atoms with E-state index in [0.717, 1.165) is 30.8 Å². The predicted octanol–water partition coefficient (Wildman–Crippen LogP) is 2.15. The molecule has 0 bridgehead atoms. The Labute approximate surface area is 115 Å². The molecule has 1 fully saturated rings. The third-order valence-electron chi connectivity index (χ3n) is 3.45. The van der Waals surface area contributed by atoms with Gasteiger partial charge in [0, 0.05) is 19.3 Å². The summed E-state index contributed by atoms with van der Waals surface area (Å²) in [6, 6.07) is 8.32. The number of hydrogen-bond donors (Lipinski definition) is 1. The zero-order valence-corrected chi connectivity index (χ0v) is 11.7. The molecule has 0 amide bonds. The van der Waals surface area contributed by atoms with Gasteiger partial charge in [-0.25, -0.2) is 0 Å². The normalized spacial score (nSPS) is 20.4. The quantitative estimate of drug-likeness (QED) is 0.767. The first kappa shape index (κ1) is 14.3. The molecule has 2 unspecified atom stereocenters. The van der Waals surface area contributed by atoms with Crippen LogP contribution in [0.2, 0.25) is 0 Å². The molecule has 1 heterocycles. The van der Waals surface area contributed by atoms with E-state index in [0.29, 0.717) is 13.2 Å². The minimum atomic E-state index is 0.182. The van der Waals surface area contributed by atoms with Crippen LogP contribution in [0.1, 0.15) is 24.4 Å². The topological polar surface area (TPSA) is 39.7 Å². The summed E-state index contributed by atoms with van der Waals surface area (Å²) >= 11 is 0. The summed E-state index contributed by atoms with van der Waals surface area (Å²) in [5.74, 6) is 0.911. The van der Waals surface area contributed by atoms with Crippen molar-refractivity contribution in [2.24, 2.45) is 0 Å². The van der Waals surface area contributed by atoms with Gasteiger partial charge in [0.2, 0.25) is 0 Å². The van der Waals surface area contributed by atoms with Gasteiger partial charge < -0.3 is 19.5 Å². The third-order valence-corrected chi connectivity index (χ3v) is 3.45. The fourth-order valence-electron chi connectivity index (χ4n) is 2.51. The summed E-state index contributed by atoms with van der Waals surface area (Å²) in [6.07, 6.45) is 2.46. The molecule has 1 aliphatic heterocycles. The van der Waals surface area contributed by atoms with Crippen molar-refractivity contribution in [3.63, 3.8) is 0 Å². The second-order valence-electron chi connectivity index (χ2n) is 4.70. The van der Waals surface area contributed by atoms with Gasteiger partial charge in [-0.15, -0.1) is 0 Å². The summed E-state index contributed by atoms with van der Waals surface area (Å²) in [6.45, 7) is 2.02. The Kier molecular flexibility index (Phi) is 5.63. The average Bonchev–Trinajstić information content (AvgIpc) is 2.96. The number of benzene rings is 1. The van der Waals surface area contributed by atoms with Crippen molar-refractivity contribution in [3.05, 3.63) is 29.8 Å². The van der Waals surface area contributed by atoms with Crippen molar-refractivity contribution in [2.75, 3.05) is 34.0 Å². The zero-order chi connectivity index (χ0) is 13.5. The molecule has 0 saturated carbocycles. The van der Waals surface area contributed by atoms with Crippen LogP contribution in [0, 0.1) is 0 Å². The molecule has 19 heavy (non-hydrogen) atoms. The van der Waals surface area contributed by atoms with Crippen molar-refractivity contribution < 1.29 is 14.2 Å². The van der Waals surface area contributed by atoms with Crippen LogP contribution in [0.25, 0.3) is 0 Å². The summed E-state index contributed by atoms with van der Waals surface area (Å²) in [5.41, 5.74) is 1.16. The van der Waals surface area contributed by atoms with Crippen molar-refractivity contribution in [1.29, 1.82) is 0 Å². The molecule has 2 rings (SSSR count). The van der Waals surface area contributed by atoms with Crippen molar-refractivity contribution >= 4 is 0 Å². The Hall–Kier alpha value is -1.10. The van der Waals surface area contributed by atoms with Gasteiger partial charge in [-0.2, -0.15) is 0 Å². The minimum Gasteiger partial charge on any atom is -0.491 e. The molecular weight excluding hydrogens is 242 g/mol. The van der Waals surface area contributed by atoms with Gasteiger partial charge in [0.15, 0.2) is 0 Å². The standard InChI is InChI=1S/C15H23NO3/c1-16-15(14-8-5-9-18-14)12-6-3-4-7-13(12)19-11-10-17-2/h3-4,6-7,14-16H,5,8-11H2,1-2H3. The molecule has 1 aromatic rings. The highest BCUT2D eigenvalue weighted by atomic mass is 16.5. The van der Waals surface area contributed by atoms with Gasteiger partial charge in [-0.05, 0) is 26.0 Å². The lowest BCUT2D eigenvalue weighted by Crippen LogP contribution is -2.29. The lowest BCUT2D eigenvalue weighted by Gasteiger charge is -2.25. The van der Waals surface area contributed by atoms with Gasteiger partial charge in [0.05, 0.1) is 18.8 Å². The molecule has 1 aromatic carbocycles. The maximum absolute atomic E-state index is 5.80. The number of likely N-dealkylation sites (N-methyl/N-ethyl adjacent to an activating group) is 1. The number of nitrogens with one attached hydrogen (secondary N) is 1. The van der Waals surface area contributed by atoms with Crippen molar-refractivity contribution in [1.82, 2.24) is 5.32 Å². The van der Waals surface area contributed by atoms with Gasteiger partial charge in [-0.1, -0.05) is 18.2 Å². The Bertz CT molecular complexity index is 377. The number of ether oxygens (including phenoxy) is 3. The zero-order valence-electron chi connectivity index (χ0n) is 11.7. The van der Waals surface area contributed by atoms with Gasteiger partial charge in [0.25, 0.3) is 0 Å². The third kappa shape index (κ3) is 3.69. The van der Waals surface area contributed by atoms with Crippen LogP contribution < -0.4 is 10.1 Å². The van der Waals surface area contributed by atoms with Crippen molar-refractivity contribution in [3.8, 4) is 5.75 Å². The van der Waals surface area contributed by atoms with Crippen LogP contribution in [0.15, 0.2) is 24.3 Å². The van der Waals surface area contributed by atoms with Crippen LogP contribution >= 0.6 is 0 Å². The molecule has 4 nitrogen and oxygen atoms in total. The minimum absolute atomic E-state index is 0.182. The molecule has 106 valence electrons. The van der Waals surface area contributed by atoms with Crippen LogP contribution in [-0.4, -0.2) is 40.1 Å². The molecule has 0 radical (unpaired) electrons. The molecule has 0 aromatic heterocycles. The first-order chi connectivity index (χ1) is 9.36. The lowest BCUT2D eigenvalue weighted by atomic mass is 9.98. The lowest BCUT2D eigenvalue weighted by molar-refractivity contribution is 0.0790. The van der Waals surface area contributed by atoms with E-state index in [4.69, 9.17) is 14.2 Å². The van der Waals surface area contributed by atoms with E-state index in [9.17, 15) is 0 Å². The summed E-state index contributed by atoms with van der Waals surface area (Å²) in [5, 5.41) is 3.35. The molecular formula is C15H23NO3. The Morgan fingerprint density at radius 1 is 1.37 bits per heavy atom. The monoisotopic (exact) mass is 265 g/mol. The molecule has 2 atom stereocenters. The maximum Gasteiger partial charge on any atom is 0.124 e. The second-order valence-corrected chi connectivity index (χ2v) is 4.70. The highest BCUT2D eigenvalue weighted by Gasteiger charge is 2.28. The number of rotatable bonds is 7. The Balaban J connectivity index is 2.11. The second kappa shape index (κ2) is 7.48. The molecule has 0 spiro atoms. The van der Waals surface area contributed by atoms with E-state index < -0.39 is 0 Å². The number of para-hydroxylation sites is 1. The van der Waals surface area contributed by atoms with Crippen LogP contribution in [0.3, 0.4) is 0 Å². The highest BCUT2D eigenvalue weighted by molar-refractivity contribution is 5.36. The van der Waals surface area contributed by atoms with E-state index in [2.05, 4.69) is 11.4 Å². The number of methoxy groups -OCH3 is 1. The van der Waals surface area contributed by atoms with E-state index in [1.165, 1.54) is 0 Å². The fraction of sp³-hybridized carbons (Fsp3) is 0.600. The van der Waals surface area contributed by atoms with E-state index >= 15 is 0 Å². The summed E-state index contributed by atoms with van der Waals surface area (Å²) in [7, 11) is 3.65. The van der Waals surface area contributed by atoms with Crippen LogP contribution in [0.5, 0.6) is 5.75 Å². The average molecular weight is 265 g/mol. The highest BCUT2D eigenvalue weighted by Crippen LogP contribution is 2.32. The van der Waals surface area contributed by atoms with E-state index in [1.807, 2.05) is 25.2 Å². The molecule has 0 aliphatic carbocycles. The largest absolute Gasteiger partial charge is 0.491 e. The van der Waals surface area contributed by atoms with Gasteiger partial charge >= 0.3 is 0 Å². The van der Waals surface area contributed by atoms with Gasteiger partial charge in [-0.3, -0.25) is 0 Å². The Morgan fingerprint density at radius 2 is 2.21 bits per heavy atom. The smallest absolute Gasteiger partial charge is 0.124 e. The molecule has 4 heteroatoms. The summed E-state index contributed by atoms with van der Waals surface area (Å²) in [4.78, 5) is 0. The van der Waals surface area contributed by atoms with Gasteiger partial charge in [0.1, 0.15) is 12.4 Å². The molecule has 1 saturated heterocycles. The Morgan fingerprint density at radius 3 is 2.89 bits per heavy atom. The number of hydrogen-bond acceptors (Lipinski definition) is 4. The van der Waals surface area contributed by atoms with Crippen LogP contribution in [0.4, 0.5) is 0 Å². The van der Waals surface area contributed by atoms with E-state index in [1.54, 1.807) is 7.11 Å². The molecule has 1 N–H and O–H groups in total. The molecule has 1 aliphatic rings. The van der Waals surface area contributed by atoms with E-state index in [-0.39, 0.29) is 12.1 Å². The fourth-order valence-corrected chi connectivity index (χ4v) is 2.51. The van der Waals surface area contributed by atoms with Crippen LogP contribution in [-0.2, 0) is 9.47 Å². The first-order valence-electron chi connectivity index (χ1n) is 6.86.